The summed E-state index contributed by atoms with van der Waals surface area (Å²) in [5.74, 6) is -0.0562. The van der Waals surface area contributed by atoms with E-state index >= 15 is 4.39 Å². The van der Waals surface area contributed by atoms with Crippen LogP contribution >= 0.6 is 0 Å². The highest BCUT2D eigenvalue weighted by Crippen LogP contribution is 2.46. The summed E-state index contributed by atoms with van der Waals surface area (Å²) in [5.41, 5.74) is 1.23. The first kappa shape index (κ1) is 20.1. The van der Waals surface area contributed by atoms with Crippen molar-refractivity contribution in [3.63, 3.8) is 0 Å². The number of likely N-dealkylation sites (tertiary alicyclic amines) is 1. The molecular formula is C24H31F2N3O. The lowest BCUT2D eigenvalue weighted by Crippen LogP contribution is -2.46. The fourth-order valence-corrected chi connectivity index (χ4v) is 5.87. The van der Waals surface area contributed by atoms with Crippen LogP contribution in [0.25, 0.3) is 11.3 Å². The van der Waals surface area contributed by atoms with Crippen molar-refractivity contribution < 1.29 is 13.9 Å². The van der Waals surface area contributed by atoms with Gasteiger partial charge in [-0.15, -0.1) is 0 Å². The van der Waals surface area contributed by atoms with E-state index in [9.17, 15) is 9.50 Å². The van der Waals surface area contributed by atoms with E-state index in [-0.39, 0.29) is 17.8 Å². The van der Waals surface area contributed by atoms with Crippen LogP contribution in [0.1, 0.15) is 69.4 Å². The highest BCUT2D eigenvalue weighted by atomic mass is 19.1. The minimum absolute atomic E-state index is 0.164. The van der Waals surface area contributed by atoms with Gasteiger partial charge in [-0.3, -0.25) is 4.90 Å². The standard InChI is InChI=1S/C24H31F2N3O/c25-19-6-4-5-18-21-15-27-16-29(21)20(22(18)19)9-12-24(26)10-7-17(8-11-24)23(30)28-13-2-1-3-14-28/h4-6,15-17,20,23,30H,1-3,7-14H2. The number of nitrogens with zero attached hydrogens (tertiary/aromatic N) is 3. The number of hydrogen-bond donors (Lipinski definition) is 1. The van der Waals surface area contributed by atoms with Gasteiger partial charge >= 0.3 is 0 Å². The molecule has 5 rings (SSSR count). The Hall–Kier alpha value is -1.79. The average molecular weight is 416 g/mol. The van der Waals surface area contributed by atoms with Crippen LogP contribution in [-0.4, -0.2) is 44.5 Å². The number of benzene rings is 1. The van der Waals surface area contributed by atoms with Crippen LogP contribution in [0.15, 0.2) is 30.7 Å². The zero-order valence-electron chi connectivity index (χ0n) is 17.4. The van der Waals surface area contributed by atoms with Gasteiger partial charge in [0.1, 0.15) is 17.7 Å². The molecule has 2 fully saturated rings. The summed E-state index contributed by atoms with van der Waals surface area (Å²) in [5, 5.41) is 10.7. The zero-order chi connectivity index (χ0) is 20.7. The lowest BCUT2D eigenvalue weighted by atomic mass is 9.76. The summed E-state index contributed by atoms with van der Waals surface area (Å²) in [4.78, 5) is 6.40. The van der Waals surface area contributed by atoms with Crippen LogP contribution in [0.4, 0.5) is 8.78 Å². The Kier molecular flexibility index (Phi) is 5.40. The van der Waals surface area contributed by atoms with Gasteiger partial charge in [0.2, 0.25) is 0 Å². The fourth-order valence-electron chi connectivity index (χ4n) is 5.87. The van der Waals surface area contributed by atoms with E-state index in [4.69, 9.17) is 0 Å². The minimum atomic E-state index is -1.23. The van der Waals surface area contributed by atoms with Crippen molar-refractivity contribution >= 4 is 0 Å². The Morgan fingerprint density at radius 3 is 2.70 bits per heavy atom. The molecule has 6 heteroatoms. The van der Waals surface area contributed by atoms with Crippen molar-refractivity contribution in [3.05, 3.63) is 42.1 Å². The van der Waals surface area contributed by atoms with Crippen molar-refractivity contribution in [2.45, 2.75) is 75.7 Å². The first-order chi connectivity index (χ1) is 14.6. The number of piperidine rings is 1. The molecule has 0 radical (unpaired) electrons. The van der Waals surface area contributed by atoms with Crippen LogP contribution in [0.3, 0.4) is 0 Å². The summed E-state index contributed by atoms with van der Waals surface area (Å²) in [6, 6.07) is 4.94. The number of rotatable bonds is 5. The second-order valence-corrected chi connectivity index (χ2v) is 9.44. The van der Waals surface area contributed by atoms with Crippen molar-refractivity contribution in [1.82, 2.24) is 14.5 Å². The van der Waals surface area contributed by atoms with Gasteiger partial charge < -0.3 is 9.67 Å². The van der Waals surface area contributed by atoms with E-state index in [1.165, 1.54) is 12.5 Å². The molecular weight excluding hydrogens is 384 g/mol. The van der Waals surface area contributed by atoms with Gasteiger partial charge in [-0.1, -0.05) is 18.6 Å². The summed E-state index contributed by atoms with van der Waals surface area (Å²) in [6.45, 7) is 1.91. The number of halogens is 2. The molecule has 30 heavy (non-hydrogen) atoms. The molecule has 3 aliphatic rings. The molecule has 2 atom stereocenters. The summed E-state index contributed by atoms with van der Waals surface area (Å²) < 4.78 is 32.3. The minimum Gasteiger partial charge on any atom is -0.378 e. The van der Waals surface area contributed by atoms with Gasteiger partial charge in [-0.25, -0.2) is 13.8 Å². The normalized spacial score (nSPS) is 30.1. The molecule has 1 aliphatic carbocycles. The van der Waals surface area contributed by atoms with Gasteiger partial charge in [-0.2, -0.15) is 0 Å². The SMILES string of the molecule is OC(C1CCC(F)(CCC2c3c(F)cccc3-c3cncn32)CC1)N1CCCCC1. The molecule has 0 spiro atoms. The Morgan fingerprint density at radius 1 is 1.17 bits per heavy atom. The molecule has 1 aromatic heterocycles. The molecule has 1 saturated carbocycles. The number of fused-ring (bicyclic) bond motifs is 3. The van der Waals surface area contributed by atoms with Crippen molar-refractivity contribution in [2.24, 2.45) is 5.92 Å². The Morgan fingerprint density at radius 2 is 1.93 bits per heavy atom. The molecule has 0 bridgehead atoms. The molecule has 4 nitrogen and oxygen atoms in total. The molecule has 1 aromatic carbocycles. The van der Waals surface area contributed by atoms with E-state index in [0.29, 0.717) is 31.2 Å². The predicted molar refractivity (Wildman–Crippen MR) is 112 cm³/mol. The van der Waals surface area contributed by atoms with Crippen LogP contribution in [0.5, 0.6) is 0 Å². The molecule has 1 saturated heterocycles. The molecule has 1 N–H and O–H groups in total. The topological polar surface area (TPSA) is 41.3 Å². The van der Waals surface area contributed by atoms with E-state index in [0.717, 1.165) is 50.0 Å². The number of hydrogen-bond acceptors (Lipinski definition) is 3. The fraction of sp³-hybridized carbons (Fsp3) is 0.625. The molecule has 0 amide bonds. The second kappa shape index (κ2) is 8.04. The first-order valence-corrected chi connectivity index (χ1v) is 11.5. The Bertz CT molecular complexity index is 884. The van der Waals surface area contributed by atoms with E-state index in [2.05, 4.69) is 9.88 Å². The third kappa shape index (κ3) is 3.58. The summed E-state index contributed by atoms with van der Waals surface area (Å²) in [6.07, 6.45) is 9.98. The Balaban J connectivity index is 1.23. The van der Waals surface area contributed by atoms with Gasteiger partial charge in [0.15, 0.2) is 0 Å². The zero-order valence-corrected chi connectivity index (χ0v) is 17.4. The molecule has 2 aromatic rings. The van der Waals surface area contributed by atoms with Gasteiger partial charge in [-0.05, 0) is 63.4 Å². The highest BCUT2D eigenvalue weighted by Gasteiger charge is 2.40. The van der Waals surface area contributed by atoms with E-state index in [1.807, 2.05) is 10.6 Å². The van der Waals surface area contributed by atoms with Gasteiger partial charge in [0.05, 0.1) is 24.3 Å². The number of aromatic nitrogens is 2. The van der Waals surface area contributed by atoms with Crippen molar-refractivity contribution in [1.29, 1.82) is 0 Å². The van der Waals surface area contributed by atoms with Gasteiger partial charge in [0, 0.05) is 24.2 Å². The van der Waals surface area contributed by atoms with Gasteiger partial charge in [0.25, 0.3) is 0 Å². The summed E-state index contributed by atoms with van der Waals surface area (Å²) >= 11 is 0. The molecule has 162 valence electrons. The largest absolute Gasteiger partial charge is 0.378 e. The van der Waals surface area contributed by atoms with Crippen LogP contribution in [-0.2, 0) is 0 Å². The molecule has 2 aliphatic heterocycles. The number of aliphatic hydroxyl groups excluding tert-OH is 1. The van der Waals surface area contributed by atoms with E-state index in [1.54, 1.807) is 18.6 Å². The van der Waals surface area contributed by atoms with Crippen molar-refractivity contribution in [2.75, 3.05) is 13.1 Å². The number of imidazole rings is 1. The maximum absolute atomic E-state index is 15.7. The predicted octanol–water partition coefficient (Wildman–Crippen LogP) is 5.08. The second-order valence-electron chi connectivity index (χ2n) is 9.44. The highest BCUT2D eigenvalue weighted by molar-refractivity contribution is 5.69. The van der Waals surface area contributed by atoms with Crippen LogP contribution in [0, 0.1) is 11.7 Å². The average Bonchev–Trinajstić information content (AvgIpc) is 3.35. The lowest BCUT2D eigenvalue weighted by molar-refractivity contribution is -0.0739. The summed E-state index contributed by atoms with van der Waals surface area (Å²) in [7, 11) is 0. The van der Waals surface area contributed by atoms with Crippen LogP contribution in [0.2, 0.25) is 0 Å². The Labute approximate surface area is 176 Å². The third-order valence-electron chi connectivity index (χ3n) is 7.64. The smallest absolute Gasteiger partial charge is 0.129 e. The number of alkyl halides is 1. The maximum atomic E-state index is 15.7. The van der Waals surface area contributed by atoms with Crippen molar-refractivity contribution in [3.8, 4) is 11.3 Å². The maximum Gasteiger partial charge on any atom is 0.129 e. The quantitative estimate of drug-likeness (QED) is 0.741. The molecule has 3 heterocycles. The van der Waals surface area contributed by atoms with Crippen LogP contribution < -0.4 is 0 Å². The third-order valence-corrected chi connectivity index (χ3v) is 7.64. The van der Waals surface area contributed by atoms with E-state index < -0.39 is 11.9 Å². The monoisotopic (exact) mass is 415 g/mol. The lowest BCUT2D eigenvalue weighted by Gasteiger charge is -2.41. The molecule has 2 unspecified atom stereocenters. The number of aliphatic hydroxyl groups is 1. The first-order valence-electron chi connectivity index (χ1n) is 11.5.